The van der Waals surface area contributed by atoms with E-state index < -0.39 is 0 Å². The van der Waals surface area contributed by atoms with Crippen LogP contribution in [0.3, 0.4) is 0 Å². The Kier molecular flexibility index (Phi) is 6.19. The first-order valence-electron chi connectivity index (χ1n) is 10.3. The van der Waals surface area contributed by atoms with E-state index in [9.17, 15) is 0 Å². The first-order chi connectivity index (χ1) is 14.5. The quantitative estimate of drug-likeness (QED) is 0.314. The highest BCUT2D eigenvalue weighted by atomic mass is 35.5. The monoisotopic (exact) mass is 441 g/mol. The molecule has 30 heavy (non-hydrogen) atoms. The molecule has 4 nitrogen and oxygen atoms in total. The van der Waals surface area contributed by atoms with Crippen molar-refractivity contribution >= 4 is 45.0 Å². The number of nitrogens with two attached hydrogens (primary N) is 1. The second kappa shape index (κ2) is 8.84. The lowest BCUT2D eigenvalue weighted by atomic mass is 9.97. The zero-order valence-corrected chi connectivity index (χ0v) is 18.7. The highest BCUT2D eigenvalue weighted by Crippen LogP contribution is 2.41. The van der Waals surface area contributed by atoms with Gasteiger partial charge in [-0.2, -0.15) is 0 Å². The van der Waals surface area contributed by atoms with Gasteiger partial charge in [0.2, 0.25) is 0 Å². The molecule has 0 aliphatic rings. The van der Waals surface area contributed by atoms with Crippen LogP contribution in [0.2, 0.25) is 10.0 Å². The Labute approximate surface area is 186 Å². The van der Waals surface area contributed by atoms with Crippen LogP contribution in [-0.4, -0.2) is 23.1 Å². The Balaban J connectivity index is 2.00. The van der Waals surface area contributed by atoms with Crippen molar-refractivity contribution in [3.05, 3.63) is 57.7 Å². The molecule has 0 fully saturated rings. The molecule has 0 radical (unpaired) electrons. The van der Waals surface area contributed by atoms with Gasteiger partial charge in [-0.15, -0.1) is 0 Å². The van der Waals surface area contributed by atoms with E-state index in [-0.39, 0.29) is 0 Å². The van der Waals surface area contributed by atoms with Crippen molar-refractivity contribution in [1.29, 1.82) is 0 Å². The summed E-state index contributed by atoms with van der Waals surface area (Å²) in [4.78, 5) is 8.33. The predicted molar refractivity (Wildman–Crippen MR) is 127 cm³/mol. The van der Waals surface area contributed by atoms with Crippen LogP contribution < -0.4 is 10.5 Å². The van der Waals surface area contributed by atoms with Gasteiger partial charge in [-0.1, -0.05) is 29.3 Å². The van der Waals surface area contributed by atoms with Crippen molar-refractivity contribution in [2.24, 2.45) is 5.73 Å². The van der Waals surface area contributed by atoms with Crippen LogP contribution in [0.15, 0.2) is 36.4 Å². The summed E-state index contributed by atoms with van der Waals surface area (Å²) in [5, 5.41) is 3.37. The maximum absolute atomic E-state index is 6.62. The first kappa shape index (κ1) is 21.0. The lowest BCUT2D eigenvalue weighted by Gasteiger charge is -2.13. The van der Waals surface area contributed by atoms with Crippen LogP contribution in [-0.2, 0) is 6.42 Å². The van der Waals surface area contributed by atoms with Gasteiger partial charge in [0.05, 0.1) is 27.9 Å². The molecule has 2 aromatic heterocycles. The standard InChI is InChI=1S/C24H25Cl2N3O/c1-3-30-20-12-9-15(16-8-7-14(2)28-23(16)20)22-17(6-4-5-13-27)21-18(25)10-11-19(26)24(21)29-22/h7-12,29H,3-6,13,27H2,1-2H3. The third-order valence-corrected chi connectivity index (χ3v) is 6.00. The highest BCUT2D eigenvalue weighted by molar-refractivity contribution is 6.40. The number of benzene rings is 2. The molecule has 0 aliphatic carbocycles. The minimum Gasteiger partial charge on any atom is -0.492 e. The third kappa shape index (κ3) is 3.76. The summed E-state index contributed by atoms with van der Waals surface area (Å²) in [5.41, 5.74) is 11.7. The molecule has 4 aromatic rings. The third-order valence-electron chi connectivity index (χ3n) is 5.37. The number of unbranched alkanes of at least 4 members (excludes halogenated alkanes) is 1. The van der Waals surface area contributed by atoms with Gasteiger partial charge in [0.1, 0.15) is 11.3 Å². The molecule has 0 amide bonds. The average molecular weight is 442 g/mol. The summed E-state index contributed by atoms with van der Waals surface area (Å²) >= 11 is 13.1. The minimum atomic E-state index is 0.589. The zero-order valence-electron chi connectivity index (χ0n) is 17.2. The molecule has 0 saturated heterocycles. The topological polar surface area (TPSA) is 63.9 Å². The molecule has 0 bridgehead atoms. The van der Waals surface area contributed by atoms with Crippen molar-refractivity contribution < 1.29 is 4.74 Å². The van der Waals surface area contributed by atoms with Gasteiger partial charge in [-0.05, 0) is 75.5 Å². The van der Waals surface area contributed by atoms with Crippen LogP contribution in [0, 0.1) is 6.92 Å². The van der Waals surface area contributed by atoms with Gasteiger partial charge in [0.15, 0.2) is 0 Å². The summed E-state index contributed by atoms with van der Waals surface area (Å²) in [5.74, 6) is 0.789. The van der Waals surface area contributed by atoms with Crippen LogP contribution in [0.1, 0.15) is 31.0 Å². The van der Waals surface area contributed by atoms with Crippen molar-refractivity contribution in [1.82, 2.24) is 9.97 Å². The number of nitrogens with zero attached hydrogens (tertiary/aromatic N) is 1. The Bertz CT molecular complexity index is 1220. The van der Waals surface area contributed by atoms with Crippen molar-refractivity contribution in [2.45, 2.75) is 33.1 Å². The van der Waals surface area contributed by atoms with Gasteiger partial charge >= 0.3 is 0 Å². The summed E-state index contributed by atoms with van der Waals surface area (Å²) in [6, 6.07) is 11.9. The summed E-state index contributed by atoms with van der Waals surface area (Å²) in [7, 11) is 0. The Morgan fingerprint density at radius 1 is 1.03 bits per heavy atom. The fourth-order valence-electron chi connectivity index (χ4n) is 4.00. The number of halogens is 2. The van der Waals surface area contributed by atoms with Crippen LogP contribution in [0.25, 0.3) is 33.1 Å². The molecular formula is C24H25Cl2N3O. The van der Waals surface area contributed by atoms with Crippen LogP contribution in [0.4, 0.5) is 0 Å². The fourth-order valence-corrected chi connectivity index (χ4v) is 4.48. The van der Waals surface area contributed by atoms with Crippen molar-refractivity contribution in [3.63, 3.8) is 0 Å². The molecule has 0 spiro atoms. The largest absolute Gasteiger partial charge is 0.492 e. The van der Waals surface area contributed by atoms with Crippen LogP contribution >= 0.6 is 23.2 Å². The molecule has 156 valence electrons. The number of hydrogen-bond acceptors (Lipinski definition) is 3. The number of pyridine rings is 1. The number of fused-ring (bicyclic) bond motifs is 2. The summed E-state index contributed by atoms with van der Waals surface area (Å²) in [6.45, 7) is 5.22. The molecule has 0 unspecified atom stereocenters. The van der Waals surface area contributed by atoms with Gasteiger partial charge in [0.25, 0.3) is 0 Å². The molecule has 6 heteroatoms. The number of aryl methyl sites for hydroxylation is 2. The molecule has 0 atom stereocenters. The predicted octanol–water partition coefficient (Wildman–Crippen LogP) is 6.68. The van der Waals surface area contributed by atoms with Gasteiger partial charge in [0, 0.05) is 22.0 Å². The minimum absolute atomic E-state index is 0.589. The van der Waals surface area contributed by atoms with E-state index in [2.05, 4.69) is 17.1 Å². The smallest absolute Gasteiger partial charge is 0.145 e. The molecular weight excluding hydrogens is 417 g/mol. The number of ether oxygens (including phenoxy) is 1. The number of rotatable bonds is 7. The normalized spacial score (nSPS) is 11.5. The number of aromatic amines is 1. The SMILES string of the molecule is CCOc1ccc(-c2[nH]c3c(Cl)ccc(Cl)c3c2CCCCN)c2ccc(C)nc12. The lowest BCUT2D eigenvalue weighted by molar-refractivity contribution is 0.343. The Morgan fingerprint density at radius 2 is 1.83 bits per heavy atom. The highest BCUT2D eigenvalue weighted by Gasteiger charge is 2.20. The summed E-state index contributed by atoms with van der Waals surface area (Å²) < 4.78 is 5.84. The molecule has 0 saturated carbocycles. The number of H-pyrrole nitrogens is 1. The number of nitrogens with one attached hydrogen (secondary N) is 1. The van der Waals surface area contributed by atoms with E-state index in [0.717, 1.165) is 69.3 Å². The van der Waals surface area contributed by atoms with E-state index >= 15 is 0 Å². The van der Waals surface area contributed by atoms with Crippen molar-refractivity contribution in [2.75, 3.05) is 13.2 Å². The fraction of sp³-hybridized carbons (Fsp3) is 0.292. The van der Waals surface area contributed by atoms with E-state index in [1.165, 1.54) is 0 Å². The average Bonchev–Trinajstić information content (AvgIpc) is 3.12. The Morgan fingerprint density at radius 3 is 2.60 bits per heavy atom. The van der Waals surface area contributed by atoms with Gasteiger partial charge in [-0.3, -0.25) is 0 Å². The second-order valence-electron chi connectivity index (χ2n) is 7.40. The first-order valence-corrected chi connectivity index (χ1v) is 11.0. The van der Waals surface area contributed by atoms with E-state index in [1.54, 1.807) is 0 Å². The summed E-state index contributed by atoms with van der Waals surface area (Å²) in [6.07, 6.45) is 2.79. The molecule has 0 aliphatic heterocycles. The lowest BCUT2D eigenvalue weighted by Crippen LogP contribution is -2.00. The van der Waals surface area contributed by atoms with E-state index in [1.807, 2.05) is 38.1 Å². The maximum Gasteiger partial charge on any atom is 0.145 e. The van der Waals surface area contributed by atoms with Crippen LogP contribution in [0.5, 0.6) is 5.75 Å². The van der Waals surface area contributed by atoms with Gasteiger partial charge in [-0.25, -0.2) is 4.98 Å². The maximum atomic E-state index is 6.62. The molecule has 2 heterocycles. The van der Waals surface area contributed by atoms with E-state index in [4.69, 9.17) is 38.7 Å². The second-order valence-corrected chi connectivity index (χ2v) is 8.21. The Hall–Kier alpha value is -2.27. The number of aromatic nitrogens is 2. The molecule has 4 rings (SSSR count). The molecule has 2 aromatic carbocycles. The van der Waals surface area contributed by atoms with Crippen molar-refractivity contribution in [3.8, 4) is 17.0 Å². The van der Waals surface area contributed by atoms with E-state index in [0.29, 0.717) is 23.2 Å². The number of hydrogen-bond donors (Lipinski definition) is 2. The van der Waals surface area contributed by atoms with Gasteiger partial charge < -0.3 is 15.5 Å². The zero-order chi connectivity index (χ0) is 21.3. The molecule has 3 N–H and O–H groups in total.